The van der Waals surface area contributed by atoms with E-state index >= 15 is 0 Å². The number of rotatable bonds is 5. The van der Waals surface area contributed by atoms with E-state index < -0.39 is 0 Å². The maximum Gasteiger partial charge on any atom is 0.186 e. The molecule has 0 saturated heterocycles. The Hall–Kier alpha value is -2.93. The monoisotopic (exact) mass is 316 g/mol. The van der Waals surface area contributed by atoms with Crippen LogP contribution in [0.2, 0.25) is 0 Å². The zero-order valence-corrected chi connectivity index (χ0v) is 14.0. The van der Waals surface area contributed by atoms with Gasteiger partial charge in [-0.1, -0.05) is 61.5 Å². The Bertz CT molecular complexity index is 840. The lowest BCUT2D eigenvalue weighted by atomic mass is 10.0. The van der Waals surface area contributed by atoms with E-state index in [0.29, 0.717) is 11.6 Å². The number of hydrogen-bond acceptors (Lipinski definition) is 3. The molecule has 0 aliphatic carbocycles. The Balaban J connectivity index is 1.89. The van der Waals surface area contributed by atoms with Crippen molar-refractivity contribution in [3.05, 3.63) is 77.1 Å². The molecule has 0 radical (unpaired) electrons. The molecule has 0 N–H and O–H groups in total. The molecule has 0 saturated carbocycles. The van der Waals surface area contributed by atoms with E-state index in [1.807, 2.05) is 30.3 Å². The fraction of sp³-hybridized carbons (Fsp3) is 0.250. The van der Waals surface area contributed by atoms with Gasteiger partial charge in [0, 0.05) is 0 Å². The lowest BCUT2D eigenvalue weighted by Gasteiger charge is -2.09. The minimum Gasteiger partial charge on any atom is -0.216 e. The summed E-state index contributed by atoms with van der Waals surface area (Å²) < 4.78 is 1.78. The number of nitriles is 1. The average Bonchev–Trinajstić information content (AvgIpc) is 3.03. The van der Waals surface area contributed by atoms with Gasteiger partial charge in [0.05, 0.1) is 11.4 Å². The highest BCUT2D eigenvalue weighted by Crippen LogP contribution is 2.19. The molecule has 4 nitrogen and oxygen atoms in total. The van der Waals surface area contributed by atoms with Crippen LogP contribution in [0, 0.1) is 11.3 Å². The Labute approximate surface area is 142 Å². The van der Waals surface area contributed by atoms with Gasteiger partial charge in [0.1, 0.15) is 6.07 Å². The van der Waals surface area contributed by atoms with Crippen molar-refractivity contribution in [1.29, 1.82) is 5.26 Å². The molecule has 4 heteroatoms. The van der Waals surface area contributed by atoms with Gasteiger partial charge in [0.15, 0.2) is 5.69 Å². The first-order valence-electron chi connectivity index (χ1n) is 8.18. The molecule has 2 aromatic carbocycles. The van der Waals surface area contributed by atoms with Gasteiger partial charge in [0.2, 0.25) is 0 Å². The van der Waals surface area contributed by atoms with Crippen LogP contribution >= 0.6 is 0 Å². The molecule has 3 rings (SSSR count). The van der Waals surface area contributed by atoms with Gasteiger partial charge < -0.3 is 0 Å². The highest BCUT2D eigenvalue weighted by molar-refractivity contribution is 5.39. The molecule has 1 heterocycles. The molecule has 1 aromatic heterocycles. The van der Waals surface area contributed by atoms with Crippen molar-refractivity contribution in [3.63, 3.8) is 0 Å². The van der Waals surface area contributed by atoms with Crippen LogP contribution in [-0.2, 0) is 12.8 Å². The standard InChI is InChI=1S/C20H20N4/c1-15(2)17-9-11-18(12-10-17)24-20(19(14-21)22-23-24)13-8-16-6-4-3-5-7-16/h3-7,9-12,15H,8,13H2,1-2H3. The molecule has 3 aromatic rings. The van der Waals surface area contributed by atoms with Gasteiger partial charge in [-0.15, -0.1) is 5.10 Å². The van der Waals surface area contributed by atoms with E-state index in [1.54, 1.807) is 4.68 Å². The molecule has 120 valence electrons. The number of aryl methyl sites for hydroxylation is 1. The second-order valence-electron chi connectivity index (χ2n) is 6.14. The van der Waals surface area contributed by atoms with Gasteiger partial charge >= 0.3 is 0 Å². The maximum absolute atomic E-state index is 9.33. The van der Waals surface area contributed by atoms with Crippen LogP contribution in [0.5, 0.6) is 0 Å². The van der Waals surface area contributed by atoms with Crippen LogP contribution < -0.4 is 0 Å². The zero-order chi connectivity index (χ0) is 16.9. The highest BCUT2D eigenvalue weighted by atomic mass is 15.4. The van der Waals surface area contributed by atoms with Crippen molar-refractivity contribution in [2.45, 2.75) is 32.6 Å². The smallest absolute Gasteiger partial charge is 0.186 e. The molecular weight excluding hydrogens is 296 g/mol. The molecule has 0 bridgehead atoms. The highest BCUT2D eigenvalue weighted by Gasteiger charge is 2.14. The van der Waals surface area contributed by atoms with Crippen molar-refractivity contribution in [1.82, 2.24) is 15.0 Å². The van der Waals surface area contributed by atoms with Crippen molar-refractivity contribution in [3.8, 4) is 11.8 Å². The van der Waals surface area contributed by atoms with Gasteiger partial charge in [0.25, 0.3) is 0 Å². The summed E-state index contributed by atoms with van der Waals surface area (Å²) >= 11 is 0. The van der Waals surface area contributed by atoms with Gasteiger partial charge in [-0.3, -0.25) is 0 Å². The number of aromatic nitrogens is 3. The lowest BCUT2D eigenvalue weighted by Crippen LogP contribution is -2.05. The third-order valence-electron chi connectivity index (χ3n) is 4.17. The normalized spacial score (nSPS) is 10.8. The minimum atomic E-state index is 0.402. The van der Waals surface area contributed by atoms with E-state index in [-0.39, 0.29) is 0 Å². The van der Waals surface area contributed by atoms with Crippen molar-refractivity contribution >= 4 is 0 Å². The van der Waals surface area contributed by atoms with Crippen LogP contribution in [0.15, 0.2) is 54.6 Å². The molecule has 0 fully saturated rings. The molecule has 0 spiro atoms. The Morgan fingerprint density at radius 1 is 1.00 bits per heavy atom. The second kappa shape index (κ2) is 7.10. The molecule has 0 atom stereocenters. The topological polar surface area (TPSA) is 54.5 Å². The van der Waals surface area contributed by atoms with E-state index in [9.17, 15) is 5.26 Å². The first-order valence-corrected chi connectivity index (χ1v) is 8.18. The van der Waals surface area contributed by atoms with E-state index in [4.69, 9.17) is 0 Å². The minimum absolute atomic E-state index is 0.402. The summed E-state index contributed by atoms with van der Waals surface area (Å²) in [4.78, 5) is 0. The number of hydrogen-bond donors (Lipinski definition) is 0. The van der Waals surface area contributed by atoms with Crippen LogP contribution in [0.1, 0.15) is 42.3 Å². The zero-order valence-electron chi connectivity index (χ0n) is 14.0. The van der Waals surface area contributed by atoms with Crippen LogP contribution in [0.3, 0.4) is 0 Å². The summed E-state index contributed by atoms with van der Waals surface area (Å²) in [5.74, 6) is 0.488. The maximum atomic E-state index is 9.33. The summed E-state index contributed by atoms with van der Waals surface area (Å²) in [5.41, 5.74) is 4.73. The Kier molecular flexibility index (Phi) is 4.72. The molecule has 0 unspecified atom stereocenters. The number of benzene rings is 2. The van der Waals surface area contributed by atoms with Crippen molar-refractivity contribution < 1.29 is 0 Å². The SMILES string of the molecule is CC(C)c1ccc(-n2nnc(C#N)c2CCc2ccccc2)cc1. The van der Waals surface area contributed by atoms with E-state index in [2.05, 4.69) is 54.5 Å². The van der Waals surface area contributed by atoms with Crippen molar-refractivity contribution in [2.75, 3.05) is 0 Å². The number of nitrogens with zero attached hydrogens (tertiary/aromatic N) is 4. The summed E-state index contributed by atoms with van der Waals surface area (Å²) in [5, 5.41) is 17.5. The van der Waals surface area contributed by atoms with Gasteiger partial charge in [-0.25, -0.2) is 4.68 Å². The average molecular weight is 316 g/mol. The molecule has 0 amide bonds. The first kappa shape index (κ1) is 15.9. The quantitative estimate of drug-likeness (QED) is 0.713. The van der Waals surface area contributed by atoms with Gasteiger partial charge in [-0.05, 0) is 42.0 Å². The van der Waals surface area contributed by atoms with Crippen LogP contribution in [0.25, 0.3) is 5.69 Å². The van der Waals surface area contributed by atoms with Crippen LogP contribution in [-0.4, -0.2) is 15.0 Å². The first-order chi connectivity index (χ1) is 11.7. The Morgan fingerprint density at radius 2 is 1.71 bits per heavy atom. The van der Waals surface area contributed by atoms with Crippen LogP contribution in [0.4, 0.5) is 0 Å². The molecule has 0 aliphatic rings. The van der Waals surface area contributed by atoms with Gasteiger partial charge in [-0.2, -0.15) is 5.26 Å². The summed E-state index contributed by atoms with van der Waals surface area (Å²) in [6.07, 6.45) is 1.58. The second-order valence-corrected chi connectivity index (χ2v) is 6.14. The summed E-state index contributed by atoms with van der Waals surface area (Å²) in [6.45, 7) is 4.34. The fourth-order valence-corrected chi connectivity index (χ4v) is 2.73. The van der Waals surface area contributed by atoms with E-state index in [1.165, 1.54) is 11.1 Å². The third-order valence-corrected chi connectivity index (χ3v) is 4.17. The summed E-state index contributed by atoms with van der Waals surface area (Å²) in [6, 6.07) is 20.7. The lowest BCUT2D eigenvalue weighted by molar-refractivity contribution is 0.750. The molecule has 0 aliphatic heterocycles. The van der Waals surface area contributed by atoms with Crippen molar-refractivity contribution in [2.24, 2.45) is 0 Å². The fourth-order valence-electron chi connectivity index (χ4n) is 2.73. The third kappa shape index (κ3) is 3.36. The molecule has 24 heavy (non-hydrogen) atoms. The van der Waals surface area contributed by atoms with E-state index in [0.717, 1.165) is 24.2 Å². The Morgan fingerprint density at radius 3 is 2.33 bits per heavy atom. The molecular formula is C20H20N4. The predicted octanol–water partition coefficient (Wildman–Crippen LogP) is 4.05. The largest absolute Gasteiger partial charge is 0.216 e. The summed E-state index contributed by atoms with van der Waals surface area (Å²) in [7, 11) is 0. The predicted molar refractivity (Wildman–Crippen MR) is 94.0 cm³/mol.